The van der Waals surface area contributed by atoms with Crippen molar-refractivity contribution >= 4 is 0 Å². The summed E-state index contributed by atoms with van der Waals surface area (Å²) in [6.45, 7) is 11.1. The molecule has 1 atom stereocenters. The van der Waals surface area contributed by atoms with E-state index in [1.165, 1.54) is 16.7 Å². The predicted octanol–water partition coefficient (Wildman–Crippen LogP) is 3.15. The zero-order valence-corrected chi connectivity index (χ0v) is 12.7. The molecule has 1 unspecified atom stereocenters. The zero-order valence-electron chi connectivity index (χ0n) is 12.7. The van der Waals surface area contributed by atoms with E-state index in [0.29, 0.717) is 12.0 Å². The third-order valence-corrected chi connectivity index (χ3v) is 3.32. The number of rotatable bonds is 6. The fourth-order valence-electron chi connectivity index (χ4n) is 2.57. The maximum Gasteiger partial charge on any atom is 0.0449 e. The SMILES string of the molecule is CNC(CN(C)CC(C)C)c1ccc(C)cc1C. The standard InChI is InChI=1S/C16H28N2/c1-12(2)10-18(6)11-16(17-5)15-8-7-13(3)9-14(15)4/h7-9,12,16-17H,10-11H2,1-6H3. The van der Waals surface area contributed by atoms with Crippen molar-refractivity contribution < 1.29 is 0 Å². The Labute approximate surface area is 112 Å². The van der Waals surface area contributed by atoms with E-state index in [1.54, 1.807) is 0 Å². The van der Waals surface area contributed by atoms with Gasteiger partial charge in [-0.15, -0.1) is 0 Å². The highest BCUT2D eigenvalue weighted by Gasteiger charge is 2.14. The lowest BCUT2D eigenvalue weighted by molar-refractivity contribution is 0.266. The second kappa shape index (κ2) is 6.91. The second-order valence-corrected chi connectivity index (χ2v) is 5.82. The van der Waals surface area contributed by atoms with Gasteiger partial charge in [-0.3, -0.25) is 0 Å². The second-order valence-electron chi connectivity index (χ2n) is 5.82. The number of aryl methyl sites for hydroxylation is 2. The summed E-state index contributed by atoms with van der Waals surface area (Å²) in [7, 11) is 4.25. The van der Waals surface area contributed by atoms with Gasteiger partial charge in [0.2, 0.25) is 0 Å². The van der Waals surface area contributed by atoms with Gasteiger partial charge in [-0.1, -0.05) is 37.6 Å². The first-order valence-corrected chi connectivity index (χ1v) is 6.87. The smallest absolute Gasteiger partial charge is 0.0449 e. The Bertz CT molecular complexity index is 371. The molecule has 1 rings (SSSR count). The molecule has 1 aromatic rings. The van der Waals surface area contributed by atoms with Crippen LogP contribution in [0.4, 0.5) is 0 Å². The minimum Gasteiger partial charge on any atom is -0.312 e. The van der Waals surface area contributed by atoms with Crippen molar-refractivity contribution in [1.82, 2.24) is 10.2 Å². The normalized spacial score (nSPS) is 13.3. The molecule has 0 aliphatic carbocycles. The molecular formula is C16H28N2. The molecular weight excluding hydrogens is 220 g/mol. The van der Waals surface area contributed by atoms with Gasteiger partial charge in [0.1, 0.15) is 0 Å². The van der Waals surface area contributed by atoms with Gasteiger partial charge in [0, 0.05) is 19.1 Å². The first-order chi connectivity index (χ1) is 8.43. The molecule has 0 amide bonds. The molecule has 2 heteroatoms. The van der Waals surface area contributed by atoms with Crippen LogP contribution in [0.15, 0.2) is 18.2 Å². The Morgan fingerprint density at radius 3 is 2.33 bits per heavy atom. The fraction of sp³-hybridized carbons (Fsp3) is 0.625. The monoisotopic (exact) mass is 248 g/mol. The van der Waals surface area contributed by atoms with Crippen LogP contribution < -0.4 is 5.32 Å². The summed E-state index contributed by atoms with van der Waals surface area (Å²) in [5, 5.41) is 3.44. The van der Waals surface area contributed by atoms with E-state index < -0.39 is 0 Å². The highest BCUT2D eigenvalue weighted by molar-refractivity contribution is 5.33. The predicted molar refractivity (Wildman–Crippen MR) is 80.1 cm³/mol. The van der Waals surface area contributed by atoms with Gasteiger partial charge in [0.05, 0.1) is 0 Å². The maximum atomic E-state index is 3.44. The molecule has 0 aliphatic heterocycles. The third kappa shape index (κ3) is 4.43. The van der Waals surface area contributed by atoms with E-state index in [9.17, 15) is 0 Å². The van der Waals surface area contributed by atoms with Crippen LogP contribution >= 0.6 is 0 Å². The molecule has 0 bridgehead atoms. The van der Waals surface area contributed by atoms with Crippen LogP contribution in [-0.2, 0) is 0 Å². The average Bonchev–Trinajstić information content (AvgIpc) is 2.25. The zero-order chi connectivity index (χ0) is 13.7. The van der Waals surface area contributed by atoms with Gasteiger partial charge in [-0.25, -0.2) is 0 Å². The summed E-state index contributed by atoms with van der Waals surface area (Å²) in [5.41, 5.74) is 4.13. The Hall–Kier alpha value is -0.860. The summed E-state index contributed by atoms with van der Waals surface area (Å²) in [6.07, 6.45) is 0. The van der Waals surface area contributed by atoms with E-state index in [2.05, 4.69) is 63.2 Å². The van der Waals surface area contributed by atoms with Gasteiger partial charge in [0.15, 0.2) is 0 Å². The van der Waals surface area contributed by atoms with Crippen molar-refractivity contribution in [2.24, 2.45) is 5.92 Å². The van der Waals surface area contributed by atoms with E-state index >= 15 is 0 Å². The van der Waals surface area contributed by atoms with E-state index in [1.807, 2.05) is 7.05 Å². The lowest BCUT2D eigenvalue weighted by atomic mass is 9.99. The molecule has 0 fully saturated rings. The summed E-state index contributed by atoms with van der Waals surface area (Å²) in [6, 6.07) is 7.14. The van der Waals surface area contributed by atoms with Crippen molar-refractivity contribution in [3.8, 4) is 0 Å². The number of hydrogen-bond acceptors (Lipinski definition) is 2. The Balaban J connectivity index is 2.76. The average molecular weight is 248 g/mol. The van der Waals surface area contributed by atoms with Crippen LogP contribution in [0, 0.1) is 19.8 Å². The first-order valence-electron chi connectivity index (χ1n) is 6.87. The van der Waals surface area contributed by atoms with Crippen LogP contribution in [-0.4, -0.2) is 32.1 Å². The topological polar surface area (TPSA) is 15.3 Å². The van der Waals surface area contributed by atoms with Crippen molar-refractivity contribution in [3.63, 3.8) is 0 Å². The van der Waals surface area contributed by atoms with Crippen molar-refractivity contribution in [3.05, 3.63) is 34.9 Å². The minimum atomic E-state index is 0.411. The molecule has 0 aliphatic rings. The largest absolute Gasteiger partial charge is 0.312 e. The summed E-state index contributed by atoms with van der Waals surface area (Å²) >= 11 is 0. The lowest BCUT2D eigenvalue weighted by Crippen LogP contribution is -2.33. The third-order valence-electron chi connectivity index (χ3n) is 3.32. The molecule has 0 saturated heterocycles. The molecule has 0 saturated carbocycles. The van der Waals surface area contributed by atoms with Crippen LogP contribution in [0.1, 0.15) is 36.6 Å². The lowest BCUT2D eigenvalue weighted by Gasteiger charge is -2.26. The molecule has 1 N–H and O–H groups in total. The van der Waals surface area contributed by atoms with Crippen LogP contribution in [0.25, 0.3) is 0 Å². The summed E-state index contributed by atoms with van der Waals surface area (Å²) in [4.78, 5) is 2.41. The molecule has 18 heavy (non-hydrogen) atoms. The van der Waals surface area contributed by atoms with E-state index in [0.717, 1.165) is 13.1 Å². The van der Waals surface area contributed by atoms with Gasteiger partial charge >= 0.3 is 0 Å². The molecule has 2 nitrogen and oxygen atoms in total. The van der Waals surface area contributed by atoms with Crippen molar-refractivity contribution in [2.45, 2.75) is 33.7 Å². The van der Waals surface area contributed by atoms with Crippen LogP contribution in [0.2, 0.25) is 0 Å². The van der Waals surface area contributed by atoms with E-state index in [4.69, 9.17) is 0 Å². The Morgan fingerprint density at radius 1 is 1.17 bits per heavy atom. The molecule has 0 spiro atoms. The van der Waals surface area contributed by atoms with Gasteiger partial charge < -0.3 is 10.2 Å². The number of hydrogen-bond donors (Lipinski definition) is 1. The van der Waals surface area contributed by atoms with Crippen molar-refractivity contribution in [1.29, 1.82) is 0 Å². The maximum absolute atomic E-state index is 3.44. The number of nitrogens with zero attached hydrogens (tertiary/aromatic N) is 1. The van der Waals surface area contributed by atoms with Crippen LogP contribution in [0.3, 0.4) is 0 Å². The number of benzene rings is 1. The fourth-order valence-corrected chi connectivity index (χ4v) is 2.57. The summed E-state index contributed by atoms with van der Waals surface area (Å²) < 4.78 is 0. The highest BCUT2D eigenvalue weighted by Crippen LogP contribution is 2.19. The van der Waals surface area contributed by atoms with Gasteiger partial charge in [0.25, 0.3) is 0 Å². The Kier molecular flexibility index (Phi) is 5.83. The quantitative estimate of drug-likeness (QED) is 0.832. The highest BCUT2D eigenvalue weighted by atomic mass is 15.1. The molecule has 0 radical (unpaired) electrons. The molecule has 1 aromatic carbocycles. The first kappa shape index (κ1) is 15.2. The number of nitrogens with one attached hydrogen (secondary N) is 1. The van der Waals surface area contributed by atoms with Gasteiger partial charge in [-0.2, -0.15) is 0 Å². The Morgan fingerprint density at radius 2 is 1.83 bits per heavy atom. The minimum absolute atomic E-state index is 0.411. The van der Waals surface area contributed by atoms with Crippen LogP contribution in [0.5, 0.6) is 0 Å². The summed E-state index contributed by atoms with van der Waals surface area (Å²) in [5.74, 6) is 0.714. The molecule has 0 aromatic heterocycles. The van der Waals surface area contributed by atoms with E-state index in [-0.39, 0.29) is 0 Å². The van der Waals surface area contributed by atoms with Crippen molar-refractivity contribution in [2.75, 3.05) is 27.2 Å². The number of likely N-dealkylation sites (N-methyl/N-ethyl adjacent to an activating group) is 2. The molecule has 102 valence electrons. The van der Waals surface area contributed by atoms with Gasteiger partial charge in [-0.05, 0) is 45.0 Å². The molecule has 0 heterocycles.